The molecule has 0 spiro atoms. The van der Waals surface area contributed by atoms with Crippen LogP contribution in [0.3, 0.4) is 0 Å². The highest BCUT2D eigenvalue weighted by Gasteiger charge is 2.31. The lowest BCUT2D eigenvalue weighted by atomic mass is 10.1. The van der Waals surface area contributed by atoms with E-state index < -0.39 is 15.6 Å². The lowest BCUT2D eigenvalue weighted by Gasteiger charge is -2.32. The van der Waals surface area contributed by atoms with E-state index >= 15 is 0 Å². The first-order chi connectivity index (χ1) is 8.60. The summed E-state index contributed by atoms with van der Waals surface area (Å²) in [6.07, 6.45) is 2.61. The molecule has 0 saturated carbocycles. The number of hydrogen-bond donors (Lipinski definition) is 1. The van der Waals surface area contributed by atoms with Gasteiger partial charge in [0.2, 0.25) is 15.9 Å². The lowest BCUT2D eigenvalue weighted by molar-refractivity contribution is -0.122. The molecule has 0 bridgehead atoms. The second-order valence-corrected chi connectivity index (χ2v) is 7.20. The second kappa shape index (κ2) is 5.75. The summed E-state index contributed by atoms with van der Waals surface area (Å²) in [5.41, 5.74) is -0.643. The normalized spacial score (nSPS) is 12.7. The molecule has 0 aromatic carbocycles. The van der Waals surface area contributed by atoms with Crippen molar-refractivity contribution in [3.8, 4) is 0 Å². The summed E-state index contributed by atoms with van der Waals surface area (Å²) in [7, 11) is -3.44. The van der Waals surface area contributed by atoms with Crippen molar-refractivity contribution in [3.63, 3.8) is 0 Å². The SMILES string of the molecule is CC(C)(C)N(CC(=O)NCc1ccco1)S(C)(=O)=O. The number of carbonyl (C=O) groups excluding carboxylic acids is 1. The molecular weight excluding hydrogens is 268 g/mol. The molecule has 0 radical (unpaired) electrons. The van der Waals surface area contributed by atoms with Crippen molar-refractivity contribution in [2.24, 2.45) is 0 Å². The summed E-state index contributed by atoms with van der Waals surface area (Å²) >= 11 is 0. The van der Waals surface area contributed by atoms with E-state index in [0.29, 0.717) is 5.76 Å². The van der Waals surface area contributed by atoms with Gasteiger partial charge in [0, 0.05) is 5.54 Å². The largest absolute Gasteiger partial charge is 0.467 e. The Morgan fingerprint density at radius 2 is 2.05 bits per heavy atom. The Labute approximate surface area is 113 Å². The zero-order valence-corrected chi connectivity index (χ0v) is 12.5. The van der Waals surface area contributed by atoms with Crippen molar-refractivity contribution in [3.05, 3.63) is 24.2 Å². The van der Waals surface area contributed by atoms with Gasteiger partial charge in [0.25, 0.3) is 0 Å². The smallest absolute Gasteiger partial charge is 0.235 e. The molecule has 0 aliphatic rings. The van der Waals surface area contributed by atoms with Crippen molar-refractivity contribution in [2.75, 3.05) is 12.8 Å². The number of sulfonamides is 1. The minimum Gasteiger partial charge on any atom is -0.467 e. The quantitative estimate of drug-likeness (QED) is 0.875. The molecule has 0 aliphatic carbocycles. The van der Waals surface area contributed by atoms with Gasteiger partial charge in [0.15, 0.2) is 0 Å². The van der Waals surface area contributed by atoms with Crippen LogP contribution in [0.4, 0.5) is 0 Å². The average Bonchev–Trinajstić information content (AvgIpc) is 2.72. The monoisotopic (exact) mass is 288 g/mol. The van der Waals surface area contributed by atoms with Gasteiger partial charge in [-0.05, 0) is 32.9 Å². The topological polar surface area (TPSA) is 79.6 Å². The number of nitrogens with zero attached hydrogens (tertiary/aromatic N) is 1. The molecule has 19 heavy (non-hydrogen) atoms. The Balaban J connectivity index is 2.62. The van der Waals surface area contributed by atoms with Crippen LogP contribution in [0.5, 0.6) is 0 Å². The Bertz CT molecular complexity index is 514. The summed E-state index contributed by atoms with van der Waals surface area (Å²) in [4.78, 5) is 11.8. The fourth-order valence-electron chi connectivity index (χ4n) is 1.64. The highest BCUT2D eigenvalue weighted by molar-refractivity contribution is 7.88. The fourth-order valence-corrected chi connectivity index (χ4v) is 2.98. The third kappa shape index (κ3) is 5.04. The van der Waals surface area contributed by atoms with Crippen LogP contribution in [0.2, 0.25) is 0 Å². The Hall–Kier alpha value is -1.34. The van der Waals surface area contributed by atoms with Gasteiger partial charge in [-0.1, -0.05) is 0 Å². The van der Waals surface area contributed by atoms with Gasteiger partial charge in [-0.2, -0.15) is 4.31 Å². The number of hydrogen-bond acceptors (Lipinski definition) is 4. The standard InChI is InChI=1S/C12H20N2O4S/c1-12(2,3)14(19(4,16)17)9-11(15)13-8-10-6-5-7-18-10/h5-7H,8-9H2,1-4H3,(H,13,15). The molecule has 0 saturated heterocycles. The fraction of sp³-hybridized carbons (Fsp3) is 0.583. The van der Waals surface area contributed by atoms with Crippen molar-refractivity contribution in [2.45, 2.75) is 32.9 Å². The van der Waals surface area contributed by atoms with Gasteiger partial charge >= 0.3 is 0 Å². The summed E-state index contributed by atoms with van der Waals surface area (Å²) in [5, 5.41) is 2.62. The molecule has 108 valence electrons. The number of nitrogens with one attached hydrogen (secondary N) is 1. The number of rotatable bonds is 5. The van der Waals surface area contributed by atoms with Crippen molar-refractivity contribution >= 4 is 15.9 Å². The Morgan fingerprint density at radius 1 is 1.42 bits per heavy atom. The molecule has 1 heterocycles. The van der Waals surface area contributed by atoms with Crippen LogP contribution < -0.4 is 5.32 Å². The third-order valence-corrected chi connectivity index (χ3v) is 3.95. The molecule has 1 aromatic heterocycles. The molecule has 1 amide bonds. The first kappa shape index (κ1) is 15.7. The molecule has 1 aromatic rings. The van der Waals surface area contributed by atoms with Gasteiger partial charge in [-0.15, -0.1) is 0 Å². The number of amides is 1. The van der Waals surface area contributed by atoms with E-state index in [1.165, 1.54) is 6.26 Å². The number of furan rings is 1. The van der Waals surface area contributed by atoms with Crippen molar-refractivity contribution < 1.29 is 17.6 Å². The van der Waals surface area contributed by atoms with Crippen LogP contribution in [0.15, 0.2) is 22.8 Å². The maximum atomic E-state index is 11.8. The summed E-state index contributed by atoms with van der Waals surface area (Å²) < 4.78 is 29.6. The lowest BCUT2D eigenvalue weighted by Crippen LogP contribution is -2.49. The van der Waals surface area contributed by atoms with Crippen LogP contribution in [0.25, 0.3) is 0 Å². The van der Waals surface area contributed by atoms with E-state index in [9.17, 15) is 13.2 Å². The van der Waals surface area contributed by atoms with Crippen molar-refractivity contribution in [1.82, 2.24) is 9.62 Å². The predicted octanol–water partition coefficient (Wildman–Crippen LogP) is 0.956. The minimum atomic E-state index is -3.44. The Morgan fingerprint density at radius 3 is 2.47 bits per heavy atom. The second-order valence-electron chi connectivity index (χ2n) is 5.30. The summed E-state index contributed by atoms with van der Waals surface area (Å²) in [6, 6.07) is 3.46. The van der Waals surface area contributed by atoms with E-state index in [1.807, 2.05) is 0 Å². The zero-order chi connectivity index (χ0) is 14.7. The van der Waals surface area contributed by atoms with Crippen LogP contribution in [0.1, 0.15) is 26.5 Å². The summed E-state index contributed by atoms with van der Waals surface area (Å²) in [5.74, 6) is 0.256. The highest BCUT2D eigenvalue weighted by Crippen LogP contribution is 2.16. The van der Waals surface area contributed by atoms with Crippen molar-refractivity contribution in [1.29, 1.82) is 0 Å². The van der Waals surface area contributed by atoms with E-state index in [1.54, 1.807) is 32.9 Å². The van der Waals surface area contributed by atoms with Crippen LogP contribution in [-0.2, 0) is 21.4 Å². The molecule has 1 rings (SSSR count). The molecule has 7 heteroatoms. The number of carbonyl (C=O) groups is 1. The van der Waals surface area contributed by atoms with Crippen LogP contribution >= 0.6 is 0 Å². The summed E-state index contributed by atoms with van der Waals surface area (Å²) in [6.45, 7) is 5.27. The van der Waals surface area contributed by atoms with E-state index in [0.717, 1.165) is 10.6 Å². The average molecular weight is 288 g/mol. The molecule has 0 atom stereocenters. The molecular formula is C12H20N2O4S. The zero-order valence-electron chi connectivity index (χ0n) is 11.6. The van der Waals surface area contributed by atoms with E-state index in [-0.39, 0.29) is 19.0 Å². The van der Waals surface area contributed by atoms with Gasteiger partial charge in [0.1, 0.15) is 5.76 Å². The Kier molecular flexibility index (Phi) is 4.75. The maximum Gasteiger partial charge on any atom is 0.235 e. The molecule has 1 N–H and O–H groups in total. The van der Waals surface area contributed by atoms with Gasteiger partial charge < -0.3 is 9.73 Å². The van der Waals surface area contributed by atoms with E-state index in [4.69, 9.17) is 4.42 Å². The van der Waals surface area contributed by atoms with Gasteiger partial charge in [-0.25, -0.2) is 8.42 Å². The van der Waals surface area contributed by atoms with E-state index in [2.05, 4.69) is 5.32 Å². The van der Waals surface area contributed by atoms with Crippen LogP contribution in [-0.4, -0.2) is 37.0 Å². The molecule has 0 aliphatic heterocycles. The molecule has 6 nitrogen and oxygen atoms in total. The molecule has 0 unspecified atom stereocenters. The van der Waals surface area contributed by atoms with Gasteiger partial charge in [-0.3, -0.25) is 4.79 Å². The highest BCUT2D eigenvalue weighted by atomic mass is 32.2. The van der Waals surface area contributed by atoms with Gasteiger partial charge in [0.05, 0.1) is 25.6 Å². The third-order valence-electron chi connectivity index (χ3n) is 2.48. The first-order valence-electron chi connectivity index (χ1n) is 5.87. The predicted molar refractivity (Wildman–Crippen MR) is 71.9 cm³/mol. The first-order valence-corrected chi connectivity index (χ1v) is 7.72. The molecule has 0 fully saturated rings. The maximum absolute atomic E-state index is 11.8. The minimum absolute atomic E-state index is 0.205. The van der Waals surface area contributed by atoms with Crippen LogP contribution in [0, 0.1) is 0 Å².